The predicted molar refractivity (Wildman–Crippen MR) is 64.3 cm³/mol. The molecule has 0 aliphatic heterocycles. The molecule has 0 bridgehead atoms. The second-order valence-electron chi connectivity index (χ2n) is 3.42. The lowest BCUT2D eigenvalue weighted by Gasteiger charge is -2.01. The maximum atomic E-state index is 8.66. The first-order valence-corrected chi connectivity index (χ1v) is 5.70. The van der Waals surface area contributed by atoms with Gasteiger partial charge in [0.1, 0.15) is 11.1 Å². The van der Waals surface area contributed by atoms with Crippen molar-refractivity contribution in [3.05, 3.63) is 53.7 Å². The number of nitrogens with zero attached hydrogens (tertiary/aromatic N) is 2. The Balaban J connectivity index is 2.18. The molecule has 0 N–H and O–H groups in total. The first kappa shape index (κ1) is 10.7. The van der Waals surface area contributed by atoms with E-state index in [1.165, 1.54) is 5.56 Å². The Hall–Kier alpha value is -1.79. The van der Waals surface area contributed by atoms with Gasteiger partial charge in [-0.1, -0.05) is 29.5 Å². The van der Waals surface area contributed by atoms with Crippen LogP contribution < -0.4 is 0 Å². The minimum atomic E-state index is 0.591. The van der Waals surface area contributed by atoms with Crippen LogP contribution in [-0.2, 0) is 0 Å². The SMILES string of the molecule is Cc1cccc(Sc2ccc(C#N)cn2)c1. The molecule has 0 aliphatic carbocycles. The van der Waals surface area contributed by atoms with Crippen molar-refractivity contribution in [2.75, 3.05) is 0 Å². The van der Waals surface area contributed by atoms with Crippen molar-refractivity contribution in [2.45, 2.75) is 16.8 Å². The average Bonchev–Trinajstić information content (AvgIpc) is 2.30. The maximum absolute atomic E-state index is 8.66. The average molecular weight is 226 g/mol. The molecule has 0 unspecified atom stereocenters. The first-order chi connectivity index (χ1) is 7.78. The van der Waals surface area contributed by atoms with Crippen molar-refractivity contribution in [1.29, 1.82) is 5.26 Å². The summed E-state index contributed by atoms with van der Waals surface area (Å²) in [4.78, 5) is 5.38. The third kappa shape index (κ3) is 2.62. The highest BCUT2D eigenvalue weighted by Gasteiger charge is 1.99. The van der Waals surface area contributed by atoms with Gasteiger partial charge in [0.05, 0.1) is 5.56 Å². The molecule has 2 aromatic rings. The van der Waals surface area contributed by atoms with E-state index in [1.807, 2.05) is 12.1 Å². The number of benzene rings is 1. The molecule has 1 heterocycles. The normalized spacial score (nSPS) is 9.75. The van der Waals surface area contributed by atoms with Gasteiger partial charge in [-0.05, 0) is 31.2 Å². The van der Waals surface area contributed by atoms with Gasteiger partial charge in [-0.25, -0.2) is 4.98 Å². The van der Waals surface area contributed by atoms with Gasteiger partial charge in [0, 0.05) is 11.1 Å². The van der Waals surface area contributed by atoms with Gasteiger partial charge < -0.3 is 0 Å². The summed E-state index contributed by atoms with van der Waals surface area (Å²) < 4.78 is 0. The summed E-state index contributed by atoms with van der Waals surface area (Å²) in [7, 11) is 0. The maximum Gasteiger partial charge on any atom is 0.101 e. The van der Waals surface area contributed by atoms with E-state index in [1.54, 1.807) is 24.0 Å². The molecule has 0 spiro atoms. The highest BCUT2D eigenvalue weighted by Crippen LogP contribution is 2.26. The van der Waals surface area contributed by atoms with Crippen LogP contribution in [0.4, 0.5) is 0 Å². The summed E-state index contributed by atoms with van der Waals surface area (Å²) in [5.74, 6) is 0. The second kappa shape index (κ2) is 4.82. The van der Waals surface area contributed by atoms with E-state index in [2.05, 4.69) is 36.2 Å². The van der Waals surface area contributed by atoms with Crippen LogP contribution in [0.15, 0.2) is 52.5 Å². The van der Waals surface area contributed by atoms with E-state index >= 15 is 0 Å². The molecule has 1 aromatic carbocycles. The summed E-state index contributed by atoms with van der Waals surface area (Å²) >= 11 is 1.60. The van der Waals surface area contributed by atoms with Gasteiger partial charge in [0.15, 0.2) is 0 Å². The van der Waals surface area contributed by atoms with Gasteiger partial charge in [-0.3, -0.25) is 0 Å². The predicted octanol–water partition coefficient (Wildman–Crippen LogP) is 3.41. The lowest BCUT2D eigenvalue weighted by Crippen LogP contribution is -1.82. The molecule has 0 fully saturated rings. The van der Waals surface area contributed by atoms with Crippen LogP contribution in [0.1, 0.15) is 11.1 Å². The minimum absolute atomic E-state index is 0.591. The fraction of sp³-hybridized carbons (Fsp3) is 0.0769. The topological polar surface area (TPSA) is 36.7 Å². The lowest BCUT2D eigenvalue weighted by atomic mass is 10.2. The fourth-order valence-corrected chi connectivity index (χ4v) is 2.18. The molecule has 2 rings (SSSR count). The number of aromatic nitrogens is 1. The van der Waals surface area contributed by atoms with E-state index in [9.17, 15) is 0 Å². The largest absolute Gasteiger partial charge is 0.248 e. The summed E-state index contributed by atoms with van der Waals surface area (Å²) in [5.41, 5.74) is 1.83. The molecule has 0 saturated heterocycles. The molecule has 78 valence electrons. The van der Waals surface area contributed by atoms with Gasteiger partial charge in [-0.2, -0.15) is 5.26 Å². The number of nitriles is 1. The van der Waals surface area contributed by atoms with Crippen molar-refractivity contribution in [3.8, 4) is 6.07 Å². The Bertz CT molecular complexity index is 526. The number of aryl methyl sites for hydroxylation is 1. The van der Waals surface area contributed by atoms with Crippen LogP contribution in [-0.4, -0.2) is 4.98 Å². The van der Waals surface area contributed by atoms with Gasteiger partial charge in [0.25, 0.3) is 0 Å². The quantitative estimate of drug-likeness (QED) is 0.787. The van der Waals surface area contributed by atoms with Crippen LogP contribution in [0.5, 0.6) is 0 Å². The van der Waals surface area contributed by atoms with Crippen molar-refractivity contribution in [1.82, 2.24) is 4.98 Å². The zero-order chi connectivity index (χ0) is 11.4. The molecule has 3 heteroatoms. The first-order valence-electron chi connectivity index (χ1n) is 4.88. The molecule has 0 saturated carbocycles. The minimum Gasteiger partial charge on any atom is -0.248 e. The number of hydrogen-bond donors (Lipinski definition) is 0. The Morgan fingerprint density at radius 3 is 2.75 bits per heavy atom. The standard InChI is InChI=1S/C13H10N2S/c1-10-3-2-4-12(7-10)16-13-6-5-11(8-14)9-15-13/h2-7,9H,1H3. The van der Waals surface area contributed by atoms with Crippen LogP contribution >= 0.6 is 11.8 Å². The van der Waals surface area contributed by atoms with Crippen molar-refractivity contribution in [3.63, 3.8) is 0 Å². The van der Waals surface area contributed by atoms with Crippen LogP contribution in [0, 0.1) is 18.3 Å². The molecule has 2 nitrogen and oxygen atoms in total. The van der Waals surface area contributed by atoms with Gasteiger partial charge in [0.2, 0.25) is 0 Å². The third-order valence-electron chi connectivity index (χ3n) is 2.08. The molecular weight excluding hydrogens is 216 g/mol. The van der Waals surface area contributed by atoms with Crippen LogP contribution in [0.2, 0.25) is 0 Å². The van der Waals surface area contributed by atoms with Crippen molar-refractivity contribution >= 4 is 11.8 Å². The molecule has 16 heavy (non-hydrogen) atoms. The van der Waals surface area contributed by atoms with Crippen LogP contribution in [0.25, 0.3) is 0 Å². The van der Waals surface area contributed by atoms with Crippen LogP contribution in [0.3, 0.4) is 0 Å². The summed E-state index contributed by atoms with van der Waals surface area (Å²) in [5, 5.41) is 9.56. The smallest absolute Gasteiger partial charge is 0.101 e. The highest BCUT2D eigenvalue weighted by atomic mass is 32.2. The Morgan fingerprint density at radius 1 is 1.25 bits per heavy atom. The molecule has 0 radical (unpaired) electrons. The zero-order valence-corrected chi connectivity index (χ0v) is 9.66. The summed E-state index contributed by atoms with van der Waals surface area (Å²) in [6, 6.07) is 14.0. The second-order valence-corrected chi connectivity index (χ2v) is 4.51. The summed E-state index contributed by atoms with van der Waals surface area (Å²) in [6.45, 7) is 2.07. The number of rotatable bonds is 2. The number of pyridine rings is 1. The van der Waals surface area contributed by atoms with Gasteiger partial charge in [-0.15, -0.1) is 0 Å². The zero-order valence-electron chi connectivity index (χ0n) is 8.84. The van der Waals surface area contributed by atoms with Crippen molar-refractivity contribution < 1.29 is 0 Å². The third-order valence-corrected chi connectivity index (χ3v) is 3.02. The molecule has 0 amide bonds. The molecule has 1 aromatic heterocycles. The molecule has 0 aliphatic rings. The van der Waals surface area contributed by atoms with E-state index in [-0.39, 0.29) is 0 Å². The van der Waals surface area contributed by atoms with E-state index < -0.39 is 0 Å². The number of hydrogen-bond acceptors (Lipinski definition) is 3. The lowest BCUT2D eigenvalue weighted by molar-refractivity contribution is 1.12. The monoisotopic (exact) mass is 226 g/mol. The molecular formula is C13H10N2S. The Kier molecular flexibility index (Phi) is 3.23. The van der Waals surface area contributed by atoms with Crippen molar-refractivity contribution in [2.24, 2.45) is 0 Å². The Labute approximate surface area is 99.0 Å². The van der Waals surface area contributed by atoms with E-state index in [4.69, 9.17) is 5.26 Å². The van der Waals surface area contributed by atoms with E-state index in [0.29, 0.717) is 5.56 Å². The fourth-order valence-electron chi connectivity index (χ4n) is 1.31. The van der Waals surface area contributed by atoms with E-state index in [0.717, 1.165) is 9.92 Å². The Morgan fingerprint density at radius 2 is 2.12 bits per heavy atom. The van der Waals surface area contributed by atoms with Gasteiger partial charge >= 0.3 is 0 Å². The molecule has 0 atom stereocenters. The highest BCUT2D eigenvalue weighted by molar-refractivity contribution is 7.99. The summed E-state index contributed by atoms with van der Waals surface area (Å²) in [6.07, 6.45) is 1.60.